The summed E-state index contributed by atoms with van der Waals surface area (Å²) in [6, 6.07) is 8.83. The van der Waals surface area contributed by atoms with Crippen molar-refractivity contribution in [1.82, 2.24) is 9.80 Å². The first-order chi connectivity index (χ1) is 7.66. The van der Waals surface area contributed by atoms with E-state index in [0.717, 1.165) is 26.2 Å². The Labute approximate surface area is 97.3 Å². The number of rotatable bonds is 2. The van der Waals surface area contributed by atoms with Crippen LogP contribution >= 0.6 is 0 Å². The lowest BCUT2D eigenvalue weighted by atomic mass is 10.1. The van der Waals surface area contributed by atoms with Gasteiger partial charge >= 0.3 is 0 Å². The van der Waals surface area contributed by atoms with Gasteiger partial charge in [-0.3, -0.25) is 4.90 Å². The number of likely N-dealkylation sites (N-methyl/N-ethyl adjacent to an activating group) is 1. The van der Waals surface area contributed by atoms with Gasteiger partial charge in [0.25, 0.3) is 0 Å². The standard InChI is InChI=1S/C13H19N2O/c1-11(12-3-5-13(16)6-4-12)15-9-7-14(2)8-10-15/h3-5,11,16H,7-10H2,1-2H3. The third-order valence-electron chi connectivity index (χ3n) is 3.39. The molecule has 1 fully saturated rings. The van der Waals surface area contributed by atoms with E-state index in [0.29, 0.717) is 6.04 Å². The monoisotopic (exact) mass is 219 g/mol. The summed E-state index contributed by atoms with van der Waals surface area (Å²) in [4.78, 5) is 4.83. The van der Waals surface area contributed by atoms with Gasteiger partial charge in [-0.15, -0.1) is 0 Å². The Hall–Kier alpha value is -1.06. The molecular formula is C13H19N2O. The fourth-order valence-electron chi connectivity index (χ4n) is 2.11. The molecule has 1 unspecified atom stereocenters. The molecule has 1 aromatic carbocycles. The Kier molecular flexibility index (Phi) is 3.46. The smallest absolute Gasteiger partial charge is 0.123 e. The number of benzene rings is 1. The number of piperazine rings is 1. The molecule has 0 aromatic heterocycles. The molecule has 1 atom stereocenters. The molecule has 1 radical (unpaired) electrons. The van der Waals surface area contributed by atoms with Gasteiger partial charge in [0.15, 0.2) is 0 Å². The summed E-state index contributed by atoms with van der Waals surface area (Å²) in [7, 11) is 2.16. The van der Waals surface area contributed by atoms with E-state index in [-0.39, 0.29) is 5.75 Å². The maximum absolute atomic E-state index is 9.21. The van der Waals surface area contributed by atoms with Crippen LogP contribution in [-0.4, -0.2) is 48.1 Å². The van der Waals surface area contributed by atoms with Crippen LogP contribution in [0.4, 0.5) is 0 Å². The van der Waals surface area contributed by atoms with Crippen LogP contribution in [-0.2, 0) is 0 Å². The van der Waals surface area contributed by atoms with Crippen molar-refractivity contribution in [2.75, 3.05) is 33.2 Å². The van der Waals surface area contributed by atoms with Gasteiger partial charge in [-0.05, 0) is 31.7 Å². The third-order valence-corrected chi connectivity index (χ3v) is 3.39. The van der Waals surface area contributed by atoms with Gasteiger partial charge in [-0.1, -0.05) is 6.07 Å². The summed E-state index contributed by atoms with van der Waals surface area (Å²) in [5.41, 5.74) is 1.22. The summed E-state index contributed by atoms with van der Waals surface area (Å²) < 4.78 is 0. The minimum Gasteiger partial charge on any atom is -0.507 e. The van der Waals surface area contributed by atoms with Gasteiger partial charge in [0.1, 0.15) is 5.75 Å². The van der Waals surface area contributed by atoms with Crippen LogP contribution in [0.3, 0.4) is 0 Å². The van der Waals surface area contributed by atoms with Crippen LogP contribution in [0.15, 0.2) is 18.2 Å². The summed E-state index contributed by atoms with van der Waals surface area (Å²) in [5.74, 6) is 0.217. The zero-order valence-corrected chi connectivity index (χ0v) is 9.98. The topological polar surface area (TPSA) is 26.7 Å². The Morgan fingerprint density at radius 3 is 2.50 bits per heavy atom. The average Bonchev–Trinajstić information content (AvgIpc) is 2.30. The molecule has 1 N–H and O–H groups in total. The Bertz CT molecular complexity index is 328. The van der Waals surface area contributed by atoms with Crippen molar-refractivity contribution in [2.24, 2.45) is 0 Å². The normalized spacial score (nSPS) is 20.9. The second-order valence-electron chi connectivity index (χ2n) is 4.52. The first kappa shape index (κ1) is 11.4. The molecule has 3 nitrogen and oxygen atoms in total. The third kappa shape index (κ3) is 2.54. The van der Waals surface area contributed by atoms with E-state index in [2.05, 4.69) is 29.8 Å². The number of phenolic OH excluding ortho intramolecular Hbond substituents is 1. The van der Waals surface area contributed by atoms with E-state index in [4.69, 9.17) is 0 Å². The van der Waals surface area contributed by atoms with Crippen molar-refractivity contribution < 1.29 is 5.11 Å². The van der Waals surface area contributed by atoms with Gasteiger partial charge in [-0.25, -0.2) is 0 Å². The fraction of sp³-hybridized carbons (Fsp3) is 0.538. The van der Waals surface area contributed by atoms with Crippen LogP contribution < -0.4 is 0 Å². The first-order valence-corrected chi connectivity index (χ1v) is 5.80. The summed E-state index contributed by atoms with van der Waals surface area (Å²) in [6.07, 6.45) is 0. The molecule has 1 aliphatic rings. The van der Waals surface area contributed by atoms with Crippen LogP contribution in [0.2, 0.25) is 0 Å². The second-order valence-corrected chi connectivity index (χ2v) is 4.52. The average molecular weight is 219 g/mol. The number of aromatic hydroxyl groups is 1. The van der Waals surface area contributed by atoms with Crippen LogP contribution in [0.25, 0.3) is 0 Å². The number of hydrogen-bond donors (Lipinski definition) is 1. The van der Waals surface area contributed by atoms with E-state index >= 15 is 0 Å². The van der Waals surface area contributed by atoms with Crippen LogP contribution in [0.1, 0.15) is 18.5 Å². The SMILES string of the molecule is CC(c1c[c]c(O)cc1)N1CCN(C)CC1. The van der Waals surface area contributed by atoms with Gasteiger partial charge < -0.3 is 10.0 Å². The Balaban J connectivity index is 2.01. The number of phenols is 1. The quantitative estimate of drug-likeness (QED) is 0.816. The predicted octanol–water partition coefficient (Wildman–Crippen LogP) is 1.50. The van der Waals surface area contributed by atoms with Gasteiger partial charge in [-0.2, -0.15) is 0 Å². The summed E-state index contributed by atoms with van der Waals surface area (Å²) in [6.45, 7) is 6.70. The molecule has 1 aromatic rings. The van der Waals surface area contributed by atoms with Crippen molar-refractivity contribution in [2.45, 2.75) is 13.0 Å². The zero-order valence-electron chi connectivity index (χ0n) is 9.98. The summed E-state index contributed by atoms with van der Waals surface area (Å²) in [5, 5.41) is 9.21. The Morgan fingerprint density at radius 2 is 1.94 bits per heavy atom. The predicted molar refractivity (Wildman–Crippen MR) is 64.4 cm³/mol. The molecule has 1 heterocycles. The van der Waals surface area contributed by atoms with Crippen molar-refractivity contribution >= 4 is 0 Å². The molecule has 87 valence electrons. The molecule has 0 amide bonds. The fourth-order valence-corrected chi connectivity index (χ4v) is 2.11. The maximum atomic E-state index is 9.21. The van der Waals surface area contributed by atoms with E-state index in [1.165, 1.54) is 5.56 Å². The van der Waals surface area contributed by atoms with E-state index in [1.807, 2.05) is 12.1 Å². The van der Waals surface area contributed by atoms with Crippen molar-refractivity contribution in [3.63, 3.8) is 0 Å². The minimum absolute atomic E-state index is 0.217. The van der Waals surface area contributed by atoms with Gasteiger partial charge in [0.05, 0.1) is 0 Å². The lowest BCUT2D eigenvalue weighted by molar-refractivity contribution is 0.119. The molecule has 1 saturated heterocycles. The molecule has 16 heavy (non-hydrogen) atoms. The van der Waals surface area contributed by atoms with Crippen LogP contribution in [0.5, 0.6) is 5.75 Å². The molecule has 0 spiro atoms. The number of nitrogens with zero attached hydrogens (tertiary/aromatic N) is 2. The molecule has 3 heteroatoms. The Morgan fingerprint density at radius 1 is 1.25 bits per heavy atom. The van der Waals surface area contributed by atoms with Crippen molar-refractivity contribution in [3.05, 3.63) is 29.8 Å². The first-order valence-electron chi connectivity index (χ1n) is 5.80. The van der Waals surface area contributed by atoms with E-state index in [1.54, 1.807) is 6.07 Å². The van der Waals surface area contributed by atoms with Gasteiger partial charge in [0, 0.05) is 38.3 Å². The lowest BCUT2D eigenvalue weighted by Gasteiger charge is -2.36. The molecule has 0 aliphatic carbocycles. The maximum Gasteiger partial charge on any atom is 0.123 e. The zero-order chi connectivity index (χ0) is 11.5. The minimum atomic E-state index is 0.217. The summed E-state index contributed by atoms with van der Waals surface area (Å²) >= 11 is 0. The molecule has 0 saturated carbocycles. The van der Waals surface area contributed by atoms with Crippen molar-refractivity contribution in [1.29, 1.82) is 0 Å². The van der Waals surface area contributed by atoms with E-state index in [9.17, 15) is 5.11 Å². The molecule has 2 rings (SSSR count). The second kappa shape index (κ2) is 4.85. The molecule has 1 aliphatic heterocycles. The largest absolute Gasteiger partial charge is 0.507 e. The number of hydrogen-bond acceptors (Lipinski definition) is 3. The highest BCUT2D eigenvalue weighted by Crippen LogP contribution is 2.22. The highest BCUT2D eigenvalue weighted by molar-refractivity contribution is 5.26. The van der Waals surface area contributed by atoms with E-state index < -0.39 is 0 Å². The van der Waals surface area contributed by atoms with Crippen LogP contribution in [0, 0.1) is 6.07 Å². The molecule has 0 bridgehead atoms. The highest BCUT2D eigenvalue weighted by Gasteiger charge is 2.19. The van der Waals surface area contributed by atoms with Gasteiger partial charge in [0.2, 0.25) is 0 Å². The van der Waals surface area contributed by atoms with Crippen molar-refractivity contribution in [3.8, 4) is 5.75 Å². The molecular weight excluding hydrogens is 200 g/mol. The lowest BCUT2D eigenvalue weighted by Crippen LogP contribution is -2.45. The highest BCUT2D eigenvalue weighted by atomic mass is 16.3.